The summed E-state index contributed by atoms with van der Waals surface area (Å²) in [6, 6.07) is 17.5. The summed E-state index contributed by atoms with van der Waals surface area (Å²) in [7, 11) is 1.27. The van der Waals surface area contributed by atoms with Gasteiger partial charge in [-0.2, -0.15) is 0 Å². The average Bonchev–Trinajstić information content (AvgIpc) is 2.49. The van der Waals surface area contributed by atoms with Crippen LogP contribution in [0.25, 0.3) is 11.3 Å². The lowest BCUT2D eigenvalue weighted by molar-refractivity contribution is -0.243. The zero-order chi connectivity index (χ0) is 13.7. The molecule has 0 aromatic heterocycles. The molecule has 19 heavy (non-hydrogen) atoms. The normalized spacial score (nSPS) is 11.6. The topological polar surface area (TPSA) is 49.4 Å². The van der Waals surface area contributed by atoms with Crippen molar-refractivity contribution in [2.24, 2.45) is 0 Å². The number of benzene rings is 2. The van der Waals surface area contributed by atoms with E-state index in [1.54, 1.807) is 48.5 Å². The van der Waals surface area contributed by atoms with Crippen LogP contribution in [0.1, 0.15) is 11.1 Å². The van der Waals surface area contributed by atoms with Crippen LogP contribution < -0.4 is 5.11 Å². The van der Waals surface area contributed by atoms with Crippen LogP contribution in [-0.4, -0.2) is 13.1 Å². The van der Waals surface area contributed by atoms with Crippen molar-refractivity contribution >= 4 is 17.3 Å². The molecule has 3 nitrogen and oxygen atoms in total. The summed E-state index contributed by atoms with van der Waals surface area (Å²) in [4.78, 5) is 11.8. The van der Waals surface area contributed by atoms with E-state index in [0.29, 0.717) is 11.1 Å². The second-order valence-corrected chi connectivity index (χ2v) is 3.93. The highest BCUT2D eigenvalue weighted by atomic mass is 16.5. The summed E-state index contributed by atoms with van der Waals surface area (Å²) in [6.07, 6.45) is 0. The Morgan fingerprint density at radius 1 is 0.895 bits per heavy atom. The molecule has 96 valence electrons. The number of ether oxygens (including phenoxy) is 1. The zero-order valence-corrected chi connectivity index (χ0v) is 10.5. The Bertz CT molecular complexity index is 586. The van der Waals surface area contributed by atoms with Gasteiger partial charge in [-0.1, -0.05) is 66.4 Å². The number of rotatable bonds is 3. The maximum atomic E-state index is 12.4. The van der Waals surface area contributed by atoms with Gasteiger partial charge in [-0.25, -0.2) is 4.79 Å². The average molecular weight is 253 g/mol. The van der Waals surface area contributed by atoms with E-state index in [1.807, 2.05) is 12.1 Å². The van der Waals surface area contributed by atoms with Crippen LogP contribution in [0.3, 0.4) is 0 Å². The quantitative estimate of drug-likeness (QED) is 0.364. The third-order valence-electron chi connectivity index (χ3n) is 2.72. The molecule has 0 atom stereocenters. The van der Waals surface area contributed by atoms with Gasteiger partial charge < -0.3 is 9.84 Å². The monoisotopic (exact) mass is 253 g/mol. The largest absolute Gasteiger partial charge is 0.871 e. The van der Waals surface area contributed by atoms with Crippen LogP contribution in [-0.2, 0) is 9.53 Å². The van der Waals surface area contributed by atoms with E-state index < -0.39 is 5.97 Å². The molecule has 2 rings (SSSR count). The van der Waals surface area contributed by atoms with E-state index in [-0.39, 0.29) is 11.3 Å². The van der Waals surface area contributed by atoms with Gasteiger partial charge in [-0.15, -0.1) is 0 Å². The van der Waals surface area contributed by atoms with E-state index in [1.165, 1.54) is 7.11 Å². The van der Waals surface area contributed by atoms with Gasteiger partial charge in [0.25, 0.3) is 0 Å². The Morgan fingerprint density at radius 3 is 1.84 bits per heavy atom. The predicted octanol–water partition coefficient (Wildman–Crippen LogP) is 2.09. The molecular formula is C16H13O3-. The number of hydrogen-bond donors (Lipinski definition) is 0. The van der Waals surface area contributed by atoms with Gasteiger partial charge in [0.15, 0.2) is 0 Å². The van der Waals surface area contributed by atoms with Crippen LogP contribution in [0.15, 0.2) is 60.7 Å². The highest BCUT2D eigenvalue weighted by Gasteiger charge is 2.13. The highest BCUT2D eigenvalue weighted by Crippen LogP contribution is 2.23. The minimum absolute atomic E-state index is 0.0503. The fourth-order valence-corrected chi connectivity index (χ4v) is 1.78. The summed E-state index contributed by atoms with van der Waals surface area (Å²) in [5.41, 5.74) is 1.07. The third kappa shape index (κ3) is 2.83. The number of carbonyl (C=O) groups is 1. The molecule has 0 unspecified atom stereocenters. The minimum atomic E-state index is -0.625. The zero-order valence-electron chi connectivity index (χ0n) is 10.5. The lowest BCUT2D eigenvalue weighted by atomic mass is 10.0. The Hall–Kier alpha value is -2.55. The van der Waals surface area contributed by atoms with Crippen molar-refractivity contribution in [2.45, 2.75) is 0 Å². The summed E-state index contributed by atoms with van der Waals surface area (Å²) >= 11 is 0. The fourth-order valence-electron chi connectivity index (χ4n) is 1.78. The van der Waals surface area contributed by atoms with Gasteiger partial charge in [0.05, 0.1) is 12.7 Å². The SMILES string of the molecule is COC(=O)/C(=C(\[O-])c1ccccc1)c1ccccc1. The van der Waals surface area contributed by atoms with Gasteiger partial charge in [0, 0.05) is 0 Å². The first-order chi connectivity index (χ1) is 9.24. The summed E-state index contributed by atoms with van der Waals surface area (Å²) in [5, 5.41) is 12.4. The Balaban J connectivity index is 2.58. The van der Waals surface area contributed by atoms with Crippen molar-refractivity contribution in [1.82, 2.24) is 0 Å². The standard InChI is InChI=1S/C16H14O3/c1-19-16(18)14(12-8-4-2-5-9-12)15(17)13-10-6-3-7-11-13/h2-11,17H,1H3/p-1/b15-14-. The number of methoxy groups -OCH3 is 1. The van der Waals surface area contributed by atoms with Crippen LogP contribution >= 0.6 is 0 Å². The minimum Gasteiger partial charge on any atom is -0.871 e. The first kappa shape index (κ1) is 12.9. The molecule has 2 aromatic carbocycles. The molecule has 0 radical (unpaired) electrons. The van der Waals surface area contributed by atoms with Crippen LogP contribution in [0.2, 0.25) is 0 Å². The van der Waals surface area contributed by atoms with Crippen molar-refractivity contribution < 1.29 is 14.6 Å². The van der Waals surface area contributed by atoms with Crippen molar-refractivity contribution in [1.29, 1.82) is 0 Å². The first-order valence-electron chi connectivity index (χ1n) is 5.84. The first-order valence-corrected chi connectivity index (χ1v) is 5.84. The van der Waals surface area contributed by atoms with Crippen LogP contribution in [0, 0.1) is 0 Å². The molecule has 0 saturated heterocycles. The summed E-state index contributed by atoms with van der Waals surface area (Å²) < 4.78 is 4.71. The number of carbonyl (C=O) groups excluding carboxylic acids is 1. The lowest BCUT2D eigenvalue weighted by Crippen LogP contribution is -2.13. The number of hydrogen-bond acceptors (Lipinski definition) is 3. The lowest BCUT2D eigenvalue weighted by Gasteiger charge is -2.18. The maximum Gasteiger partial charge on any atom is 0.337 e. The van der Waals surface area contributed by atoms with Crippen LogP contribution in [0.5, 0.6) is 0 Å². The van der Waals surface area contributed by atoms with Gasteiger partial charge in [0.2, 0.25) is 0 Å². The van der Waals surface area contributed by atoms with E-state index in [4.69, 9.17) is 4.74 Å². The molecule has 0 spiro atoms. The molecule has 0 N–H and O–H groups in total. The second-order valence-electron chi connectivity index (χ2n) is 3.93. The van der Waals surface area contributed by atoms with E-state index in [2.05, 4.69) is 0 Å². The van der Waals surface area contributed by atoms with Crippen molar-refractivity contribution in [3.8, 4) is 0 Å². The highest BCUT2D eigenvalue weighted by molar-refractivity contribution is 6.23. The molecule has 0 aliphatic heterocycles. The summed E-state index contributed by atoms with van der Waals surface area (Å²) in [6.45, 7) is 0. The van der Waals surface area contributed by atoms with Gasteiger partial charge >= 0.3 is 5.97 Å². The molecule has 0 amide bonds. The maximum absolute atomic E-state index is 12.4. The number of esters is 1. The molecule has 0 fully saturated rings. The van der Waals surface area contributed by atoms with E-state index >= 15 is 0 Å². The Morgan fingerprint density at radius 2 is 1.37 bits per heavy atom. The van der Waals surface area contributed by atoms with Crippen LogP contribution in [0.4, 0.5) is 0 Å². The molecule has 0 saturated carbocycles. The van der Waals surface area contributed by atoms with Crippen molar-refractivity contribution in [3.05, 3.63) is 71.8 Å². The van der Waals surface area contributed by atoms with E-state index in [9.17, 15) is 9.90 Å². The van der Waals surface area contributed by atoms with Gasteiger partial charge in [-0.05, 0) is 11.1 Å². The second kappa shape index (κ2) is 5.87. The third-order valence-corrected chi connectivity index (χ3v) is 2.72. The fraction of sp³-hybridized carbons (Fsp3) is 0.0625. The molecule has 3 heteroatoms. The molecule has 0 aliphatic carbocycles. The Labute approximate surface area is 111 Å². The molecule has 0 heterocycles. The van der Waals surface area contributed by atoms with Gasteiger partial charge in [-0.3, -0.25) is 0 Å². The van der Waals surface area contributed by atoms with E-state index in [0.717, 1.165) is 0 Å². The molecule has 0 aliphatic rings. The smallest absolute Gasteiger partial charge is 0.337 e. The summed E-state index contributed by atoms with van der Waals surface area (Å²) in [5.74, 6) is -0.960. The Kier molecular flexibility index (Phi) is 3.98. The molecular weight excluding hydrogens is 240 g/mol. The predicted molar refractivity (Wildman–Crippen MR) is 71.7 cm³/mol. The molecule has 0 bridgehead atoms. The van der Waals surface area contributed by atoms with Gasteiger partial charge in [0.1, 0.15) is 0 Å². The van der Waals surface area contributed by atoms with Crippen molar-refractivity contribution in [3.63, 3.8) is 0 Å². The van der Waals surface area contributed by atoms with Crippen molar-refractivity contribution in [2.75, 3.05) is 7.11 Å². The molecule has 2 aromatic rings.